The van der Waals surface area contributed by atoms with E-state index in [1.165, 1.54) is 5.56 Å². The molecule has 1 unspecified atom stereocenters. The number of amides is 2. The SMILES string of the molecule is CC1Oc2ccc(NC(=O)c3ccc(C(C)C)cc3)cc2NC1=O. The van der Waals surface area contributed by atoms with Gasteiger partial charge in [-0.3, -0.25) is 9.59 Å². The summed E-state index contributed by atoms with van der Waals surface area (Å²) in [7, 11) is 0. The first-order valence-electron chi connectivity index (χ1n) is 7.97. The molecule has 2 amide bonds. The predicted molar refractivity (Wildman–Crippen MR) is 93.6 cm³/mol. The van der Waals surface area contributed by atoms with E-state index in [2.05, 4.69) is 24.5 Å². The first kappa shape index (κ1) is 16.1. The van der Waals surface area contributed by atoms with E-state index in [4.69, 9.17) is 4.74 Å². The molecule has 124 valence electrons. The van der Waals surface area contributed by atoms with E-state index in [1.807, 2.05) is 24.3 Å². The van der Waals surface area contributed by atoms with Crippen molar-refractivity contribution in [1.82, 2.24) is 0 Å². The number of benzene rings is 2. The third-order valence-electron chi connectivity index (χ3n) is 4.01. The monoisotopic (exact) mass is 324 g/mol. The molecule has 1 aliphatic rings. The minimum Gasteiger partial charge on any atom is -0.479 e. The molecule has 0 saturated heterocycles. The second-order valence-electron chi connectivity index (χ2n) is 6.19. The van der Waals surface area contributed by atoms with Gasteiger partial charge >= 0.3 is 0 Å². The second kappa shape index (κ2) is 6.35. The molecule has 0 fully saturated rings. The molecule has 0 aliphatic carbocycles. The zero-order chi connectivity index (χ0) is 17.3. The maximum absolute atomic E-state index is 12.4. The van der Waals surface area contributed by atoms with Crippen molar-refractivity contribution in [3.05, 3.63) is 53.6 Å². The summed E-state index contributed by atoms with van der Waals surface area (Å²) in [6.45, 7) is 5.91. The van der Waals surface area contributed by atoms with Crippen molar-refractivity contribution in [3.8, 4) is 5.75 Å². The lowest BCUT2D eigenvalue weighted by molar-refractivity contribution is -0.122. The Labute approximate surface area is 141 Å². The van der Waals surface area contributed by atoms with E-state index in [-0.39, 0.29) is 11.8 Å². The van der Waals surface area contributed by atoms with Gasteiger partial charge < -0.3 is 15.4 Å². The van der Waals surface area contributed by atoms with Crippen LogP contribution in [-0.2, 0) is 4.79 Å². The van der Waals surface area contributed by atoms with Crippen LogP contribution in [0.25, 0.3) is 0 Å². The number of carbonyl (C=O) groups excluding carboxylic acids is 2. The van der Waals surface area contributed by atoms with Crippen LogP contribution in [0.4, 0.5) is 11.4 Å². The van der Waals surface area contributed by atoms with Crippen molar-refractivity contribution >= 4 is 23.2 Å². The van der Waals surface area contributed by atoms with Crippen LogP contribution >= 0.6 is 0 Å². The maximum atomic E-state index is 12.4. The summed E-state index contributed by atoms with van der Waals surface area (Å²) in [6.07, 6.45) is -0.516. The average Bonchev–Trinajstić information content (AvgIpc) is 2.56. The minimum atomic E-state index is -0.516. The van der Waals surface area contributed by atoms with Gasteiger partial charge in [-0.2, -0.15) is 0 Å². The molecular formula is C19H20N2O3. The summed E-state index contributed by atoms with van der Waals surface area (Å²) in [5.41, 5.74) is 2.94. The quantitative estimate of drug-likeness (QED) is 0.903. The lowest BCUT2D eigenvalue weighted by Gasteiger charge is -2.23. The summed E-state index contributed by atoms with van der Waals surface area (Å²) in [5, 5.41) is 5.61. The van der Waals surface area contributed by atoms with Crippen LogP contribution in [0, 0.1) is 0 Å². The fourth-order valence-electron chi connectivity index (χ4n) is 2.51. The van der Waals surface area contributed by atoms with Crippen molar-refractivity contribution < 1.29 is 14.3 Å². The zero-order valence-electron chi connectivity index (χ0n) is 13.9. The summed E-state index contributed by atoms with van der Waals surface area (Å²) in [5.74, 6) is 0.632. The Kier molecular flexibility index (Phi) is 4.25. The molecule has 0 aromatic heterocycles. The van der Waals surface area contributed by atoms with Gasteiger partial charge in [0.25, 0.3) is 11.8 Å². The maximum Gasteiger partial charge on any atom is 0.265 e. The van der Waals surface area contributed by atoms with Crippen molar-refractivity contribution in [3.63, 3.8) is 0 Å². The Morgan fingerprint density at radius 1 is 1.17 bits per heavy atom. The molecule has 5 nitrogen and oxygen atoms in total. The van der Waals surface area contributed by atoms with Gasteiger partial charge in [-0.15, -0.1) is 0 Å². The van der Waals surface area contributed by atoms with Crippen molar-refractivity contribution in [2.45, 2.75) is 32.8 Å². The molecule has 24 heavy (non-hydrogen) atoms. The van der Waals surface area contributed by atoms with E-state index in [9.17, 15) is 9.59 Å². The highest BCUT2D eigenvalue weighted by Crippen LogP contribution is 2.32. The van der Waals surface area contributed by atoms with Crippen LogP contribution in [0.1, 0.15) is 42.6 Å². The van der Waals surface area contributed by atoms with E-state index in [1.54, 1.807) is 25.1 Å². The number of carbonyl (C=O) groups is 2. The lowest BCUT2D eigenvalue weighted by atomic mass is 10.0. The predicted octanol–water partition coefficient (Wildman–Crippen LogP) is 3.78. The molecular weight excluding hydrogens is 304 g/mol. The molecule has 0 bridgehead atoms. The fraction of sp³-hybridized carbons (Fsp3) is 0.263. The molecule has 2 aromatic rings. The highest BCUT2D eigenvalue weighted by atomic mass is 16.5. The molecule has 5 heteroatoms. The third kappa shape index (κ3) is 3.25. The average molecular weight is 324 g/mol. The molecule has 1 aliphatic heterocycles. The minimum absolute atomic E-state index is 0.193. The van der Waals surface area contributed by atoms with Gasteiger partial charge in [-0.05, 0) is 48.7 Å². The summed E-state index contributed by atoms with van der Waals surface area (Å²) in [4.78, 5) is 24.0. The van der Waals surface area contributed by atoms with Crippen LogP contribution < -0.4 is 15.4 Å². The number of hydrogen-bond donors (Lipinski definition) is 2. The van der Waals surface area contributed by atoms with Crippen LogP contribution in [0.5, 0.6) is 5.75 Å². The Morgan fingerprint density at radius 3 is 2.54 bits per heavy atom. The van der Waals surface area contributed by atoms with Gasteiger partial charge in [0, 0.05) is 11.3 Å². The van der Waals surface area contributed by atoms with E-state index in [0.717, 1.165) is 0 Å². The number of anilines is 2. The fourth-order valence-corrected chi connectivity index (χ4v) is 2.51. The van der Waals surface area contributed by atoms with Gasteiger partial charge in [-0.25, -0.2) is 0 Å². The van der Waals surface area contributed by atoms with Crippen LogP contribution in [-0.4, -0.2) is 17.9 Å². The largest absolute Gasteiger partial charge is 0.479 e. The number of rotatable bonds is 3. The topological polar surface area (TPSA) is 67.4 Å². The highest BCUT2D eigenvalue weighted by Gasteiger charge is 2.23. The van der Waals surface area contributed by atoms with Gasteiger partial charge in [0.05, 0.1) is 5.69 Å². The summed E-state index contributed by atoms with van der Waals surface area (Å²) < 4.78 is 5.50. The van der Waals surface area contributed by atoms with Crippen LogP contribution in [0.3, 0.4) is 0 Å². The zero-order valence-corrected chi connectivity index (χ0v) is 13.9. The molecule has 1 heterocycles. The molecule has 0 saturated carbocycles. The Balaban J connectivity index is 1.75. The van der Waals surface area contributed by atoms with Crippen molar-refractivity contribution in [2.75, 3.05) is 10.6 Å². The van der Waals surface area contributed by atoms with Crippen LogP contribution in [0.2, 0.25) is 0 Å². The molecule has 2 N–H and O–H groups in total. The van der Waals surface area contributed by atoms with Crippen molar-refractivity contribution in [1.29, 1.82) is 0 Å². The summed E-state index contributed by atoms with van der Waals surface area (Å²) in [6, 6.07) is 12.7. The van der Waals surface area contributed by atoms with Gasteiger partial charge in [0.15, 0.2) is 6.10 Å². The Morgan fingerprint density at radius 2 is 1.88 bits per heavy atom. The number of nitrogens with one attached hydrogen (secondary N) is 2. The first-order chi connectivity index (χ1) is 11.4. The number of hydrogen-bond acceptors (Lipinski definition) is 3. The number of ether oxygens (including phenoxy) is 1. The van der Waals surface area contributed by atoms with Gasteiger partial charge in [-0.1, -0.05) is 26.0 Å². The van der Waals surface area contributed by atoms with Crippen LogP contribution in [0.15, 0.2) is 42.5 Å². The molecule has 3 rings (SSSR count). The van der Waals surface area contributed by atoms with Gasteiger partial charge in [0.2, 0.25) is 0 Å². The smallest absolute Gasteiger partial charge is 0.265 e. The Hall–Kier alpha value is -2.82. The summed E-state index contributed by atoms with van der Waals surface area (Å²) >= 11 is 0. The molecule has 0 radical (unpaired) electrons. The lowest BCUT2D eigenvalue weighted by Crippen LogP contribution is -2.34. The van der Waals surface area contributed by atoms with E-state index < -0.39 is 6.10 Å². The molecule has 2 aromatic carbocycles. The van der Waals surface area contributed by atoms with Gasteiger partial charge in [0.1, 0.15) is 5.75 Å². The normalized spacial score (nSPS) is 16.2. The van der Waals surface area contributed by atoms with Crippen molar-refractivity contribution in [2.24, 2.45) is 0 Å². The highest BCUT2D eigenvalue weighted by molar-refractivity contribution is 6.05. The first-order valence-corrected chi connectivity index (χ1v) is 7.97. The molecule has 1 atom stereocenters. The third-order valence-corrected chi connectivity index (χ3v) is 4.01. The van der Waals surface area contributed by atoms with E-state index in [0.29, 0.717) is 28.6 Å². The standard InChI is InChI=1S/C19H20N2O3/c1-11(2)13-4-6-14(7-5-13)19(23)20-15-8-9-17-16(10-15)21-18(22)12(3)24-17/h4-12H,1-3H3,(H,20,23)(H,21,22). The Bertz CT molecular complexity index is 782. The molecule has 0 spiro atoms. The number of fused-ring (bicyclic) bond motifs is 1. The second-order valence-corrected chi connectivity index (χ2v) is 6.19. The van der Waals surface area contributed by atoms with E-state index >= 15 is 0 Å².